The van der Waals surface area contributed by atoms with Gasteiger partial charge in [-0.05, 0) is 46.7 Å². The molecule has 0 aliphatic carbocycles. The van der Waals surface area contributed by atoms with Gasteiger partial charge in [0.25, 0.3) is 0 Å². The first-order valence-electron chi connectivity index (χ1n) is 7.07. The lowest BCUT2D eigenvalue weighted by atomic mass is 10.0. The second-order valence-corrected chi connectivity index (χ2v) is 7.14. The Bertz CT molecular complexity index is 534. The van der Waals surface area contributed by atoms with Crippen LogP contribution in [0.15, 0.2) is 9.42 Å². The van der Waals surface area contributed by atoms with E-state index in [1.165, 1.54) is 0 Å². The molecule has 2 heterocycles. The van der Waals surface area contributed by atoms with Crippen molar-refractivity contribution in [3.63, 3.8) is 0 Å². The summed E-state index contributed by atoms with van der Waals surface area (Å²) in [7, 11) is -1.63. The molecule has 0 bridgehead atoms. The quantitative estimate of drug-likeness (QED) is 0.890. The highest BCUT2D eigenvalue weighted by molar-refractivity contribution is 7.89. The van der Waals surface area contributed by atoms with Crippen LogP contribution < -0.4 is 5.32 Å². The van der Waals surface area contributed by atoms with Gasteiger partial charge in [-0.15, -0.1) is 0 Å². The van der Waals surface area contributed by atoms with Gasteiger partial charge in [0.15, 0.2) is 5.76 Å². The predicted molar refractivity (Wildman–Crippen MR) is 76.1 cm³/mol. The zero-order valence-electron chi connectivity index (χ0n) is 12.3. The number of rotatable bonds is 5. The fourth-order valence-electron chi connectivity index (χ4n) is 2.85. The van der Waals surface area contributed by atoms with Crippen molar-refractivity contribution in [1.82, 2.24) is 14.8 Å². The van der Waals surface area contributed by atoms with E-state index < -0.39 is 10.0 Å². The van der Waals surface area contributed by atoms with Gasteiger partial charge in [0, 0.05) is 12.6 Å². The third kappa shape index (κ3) is 2.89. The topological polar surface area (TPSA) is 75.4 Å². The van der Waals surface area contributed by atoms with Gasteiger partial charge in [0.2, 0.25) is 10.0 Å². The Morgan fingerprint density at radius 3 is 2.75 bits per heavy atom. The SMILES string of the molecule is CNCCC1CCCCN1S(=O)(=O)c1c(C)noc1C. The van der Waals surface area contributed by atoms with Crippen LogP contribution in [0.1, 0.15) is 37.1 Å². The second-order valence-electron chi connectivity index (χ2n) is 5.31. The molecule has 1 saturated heterocycles. The average Bonchev–Trinajstić information content (AvgIpc) is 2.76. The van der Waals surface area contributed by atoms with Crippen LogP contribution in [0, 0.1) is 13.8 Å². The van der Waals surface area contributed by atoms with E-state index in [0.29, 0.717) is 18.0 Å². The molecule has 1 aromatic rings. The van der Waals surface area contributed by atoms with Crippen LogP contribution in [0.25, 0.3) is 0 Å². The Morgan fingerprint density at radius 2 is 2.15 bits per heavy atom. The maximum Gasteiger partial charge on any atom is 0.248 e. The van der Waals surface area contributed by atoms with Gasteiger partial charge < -0.3 is 9.84 Å². The molecule has 1 N–H and O–H groups in total. The minimum atomic E-state index is -3.51. The van der Waals surface area contributed by atoms with E-state index in [-0.39, 0.29) is 10.9 Å². The smallest absolute Gasteiger partial charge is 0.248 e. The predicted octanol–water partition coefficient (Wildman–Crippen LogP) is 1.44. The largest absolute Gasteiger partial charge is 0.360 e. The van der Waals surface area contributed by atoms with Gasteiger partial charge in [-0.1, -0.05) is 11.6 Å². The molecule has 1 fully saturated rings. The average molecular weight is 301 g/mol. The Hall–Kier alpha value is -0.920. The molecule has 114 valence electrons. The Kier molecular flexibility index (Phi) is 4.82. The first kappa shape index (κ1) is 15.5. The van der Waals surface area contributed by atoms with Crippen molar-refractivity contribution in [2.75, 3.05) is 20.1 Å². The minimum absolute atomic E-state index is 0.0647. The summed E-state index contributed by atoms with van der Waals surface area (Å²) in [6.45, 7) is 4.73. The lowest BCUT2D eigenvalue weighted by molar-refractivity contribution is 0.240. The molecule has 1 unspecified atom stereocenters. The number of aromatic nitrogens is 1. The van der Waals surface area contributed by atoms with E-state index in [4.69, 9.17) is 4.52 Å². The lowest BCUT2D eigenvalue weighted by Gasteiger charge is -2.34. The number of nitrogens with zero attached hydrogens (tertiary/aromatic N) is 2. The highest BCUT2D eigenvalue weighted by Crippen LogP contribution is 2.30. The molecule has 6 nitrogen and oxygen atoms in total. The summed E-state index contributed by atoms with van der Waals surface area (Å²) >= 11 is 0. The van der Waals surface area contributed by atoms with E-state index in [9.17, 15) is 8.42 Å². The molecule has 1 aliphatic heterocycles. The maximum absolute atomic E-state index is 12.9. The van der Waals surface area contributed by atoms with Crippen molar-refractivity contribution in [2.24, 2.45) is 0 Å². The van der Waals surface area contributed by atoms with Crippen molar-refractivity contribution in [2.45, 2.75) is 50.5 Å². The molecule has 7 heteroatoms. The Morgan fingerprint density at radius 1 is 1.40 bits per heavy atom. The molecule has 1 aliphatic rings. The molecule has 1 atom stereocenters. The molecule has 20 heavy (non-hydrogen) atoms. The van der Waals surface area contributed by atoms with Crippen molar-refractivity contribution < 1.29 is 12.9 Å². The third-order valence-electron chi connectivity index (χ3n) is 3.84. The van der Waals surface area contributed by atoms with Crippen LogP contribution in [-0.2, 0) is 10.0 Å². The fourth-order valence-corrected chi connectivity index (χ4v) is 4.87. The molecule has 0 aromatic carbocycles. The number of hydrogen-bond acceptors (Lipinski definition) is 5. The van der Waals surface area contributed by atoms with Gasteiger partial charge in [-0.2, -0.15) is 4.31 Å². The monoisotopic (exact) mass is 301 g/mol. The number of piperidine rings is 1. The Labute approximate surface area is 120 Å². The zero-order valence-corrected chi connectivity index (χ0v) is 13.2. The van der Waals surface area contributed by atoms with Gasteiger partial charge in [-0.25, -0.2) is 8.42 Å². The second kappa shape index (κ2) is 6.24. The van der Waals surface area contributed by atoms with Gasteiger partial charge in [0.05, 0.1) is 0 Å². The van der Waals surface area contributed by atoms with E-state index in [2.05, 4.69) is 10.5 Å². The van der Waals surface area contributed by atoms with Crippen LogP contribution in [0.3, 0.4) is 0 Å². The molecule has 0 radical (unpaired) electrons. The van der Waals surface area contributed by atoms with Gasteiger partial charge in [-0.3, -0.25) is 0 Å². The van der Waals surface area contributed by atoms with E-state index >= 15 is 0 Å². The molecule has 2 rings (SSSR count). The fraction of sp³-hybridized carbons (Fsp3) is 0.769. The van der Waals surface area contributed by atoms with E-state index in [0.717, 1.165) is 32.2 Å². The number of hydrogen-bond donors (Lipinski definition) is 1. The van der Waals surface area contributed by atoms with Gasteiger partial charge in [0.1, 0.15) is 10.6 Å². The first-order valence-corrected chi connectivity index (χ1v) is 8.51. The van der Waals surface area contributed by atoms with E-state index in [1.54, 1.807) is 18.2 Å². The summed E-state index contributed by atoms with van der Waals surface area (Å²) in [5, 5.41) is 6.86. The van der Waals surface area contributed by atoms with Crippen LogP contribution in [-0.4, -0.2) is 44.1 Å². The number of aryl methyl sites for hydroxylation is 2. The number of nitrogens with one attached hydrogen (secondary N) is 1. The van der Waals surface area contributed by atoms with Crippen molar-refractivity contribution >= 4 is 10.0 Å². The molecule has 1 aromatic heterocycles. The molecular weight excluding hydrogens is 278 g/mol. The number of sulfonamides is 1. The molecule has 0 amide bonds. The summed E-state index contributed by atoms with van der Waals surface area (Å²) in [5.41, 5.74) is 0.445. The summed E-state index contributed by atoms with van der Waals surface area (Å²) in [5.74, 6) is 0.375. The van der Waals surface area contributed by atoms with Crippen LogP contribution in [0.2, 0.25) is 0 Å². The molecule has 0 spiro atoms. The summed E-state index contributed by atoms with van der Waals surface area (Å²) < 4.78 is 32.4. The van der Waals surface area contributed by atoms with Crippen LogP contribution in [0.5, 0.6) is 0 Å². The van der Waals surface area contributed by atoms with Crippen LogP contribution in [0.4, 0.5) is 0 Å². The normalized spacial score (nSPS) is 21.2. The van der Waals surface area contributed by atoms with Gasteiger partial charge >= 0.3 is 0 Å². The zero-order chi connectivity index (χ0) is 14.8. The van der Waals surface area contributed by atoms with Crippen LogP contribution >= 0.6 is 0 Å². The first-order chi connectivity index (χ1) is 9.48. The van der Waals surface area contributed by atoms with Crippen molar-refractivity contribution in [3.8, 4) is 0 Å². The summed E-state index contributed by atoms with van der Waals surface area (Å²) in [6, 6.07) is 0.0647. The maximum atomic E-state index is 12.9. The minimum Gasteiger partial charge on any atom is -0.360 e. The summed E-state index contributed by atoms with van der Waals surface area (Å²) in [6.07, 6.45) is 3.75. The Balaban J connectivity index is 2.31. The highest BCUT2D eigenvalue weighted by atomic mass is 32.2. The third-order valence-corrected chi connectivity index (χ3v) is 6.03. The van der Waals surface area contributed by atoms with Crippen molar-refractivity contribution in [1.29, 1.82) is 0 Å². The molecule has 0 saturated carbocycles. The standard InChI is InChI=1S/C13H23N3O3S/c1-10-13(11(2)19-15-10)20(17,18)16-9-5-4-6-12(16)7-8-14-3/h12,14H,4-9H2,1-3H3. The van der Waals surface area contributed by atoms with Crippen molar-refractivity contribution in [3.05, 3.63) is 11.5 Å². The molecular formula is C13H23N3O3S. The lowest BCUT2D eigenvalue weighted by Crippen LogP contribution is -2.44. The van der Waals surface area contributed by atoms with E-state index in [1.807, 2.05) is 7.05 Å². The summed E-state index contributed by atoms with van der Waals surface area (Å²) in [4.78, 5) is 0.244. The highest BCUT2D eigenvalue weighted by Gasteiger charge is 2.36.